The molecule has 15 heteroatoms. The maximum atomic E-state index is 13.3. The third kappa shape index (κ3) is 13.3. The molecule has 1 heterocycles. The Hall–Kier alpha value is -7.00. The van der Waals surface area contributed by atoms with Crippen LogP contribution >= 0.6 is 0 Å². The Labute approximate surface area is 348 Å². The van der Waals surface area contributed by atoms with Gasteiger partial charge in [-0.05, 0) is 106 Å². The number of anilines is 3. The highest BCUT2D eigenvalue weighted by molar-refractivity contribution is 6.14. The smallest absolute Gasteiger partial charge is 0.425 e. The van der Waals surface area contributed by atoms with Crippen molar-refractivity contribution in [2.24, 2.45) is 0 Å². The van der Waals surface area contributed by atoms with E-state index < -0.39 is 41.5 Å². The van der Waals surface area contributed by atoms with Gasteiger partial charge in [0.05, 0.1) is 6.61 Å². The van der Waals surface area contributed by atoms with E-state index in [0.717, 1.165) is 16.0 Å². The monoisotopic (exact) mass is 819 g/mol. The first-order valence-electron chi connectivity index (χ1n) is 19.1. The lowest BCUT2D eigenvalue weighted by molar-refractivity contribution is -0.138. The van der Waals surface area contributed by atoms with Crippen LogP contribution < -0.4 is 20.9 Å². The van der Waals surface area contributed by atoms with E-state index in [1.807, 2.05) is 36.4 Å². The van der Waals surface area contributed by atoms with Crippen LogP contribution in [0.5, 0.6) is 0 Å². The van der Waals surface area contributed by atoms with E-state index >= 15 is 0 Å². The van der Waals surface area contributed by atoms with Gasteiger partial charge in [-0.2, -0.15) is 4.90 Å². The minimum absolute atomic E-state index is 0.00901. The van der Waals surface area contributed by atoms with Crippen LogP contribution in [0.3, 0.4) is 0 Å². The summed E-state index contributed by atoms with van der Waals surface area (Å²) < 4.78 is 21.9. The number of aliphatic carboxylic acids is 1. The molecule has 314 valence electrons. The molecule has 0 fully saturated rings. The number of nitrogens with zero attached hydrogens (tertiary/aromatic N) is 2. The Morgan fingerprint density at radius 1 is 0.717 bits per heavy atom. The van der Waals surface area contributed by atoms with Gasteiger partial charge in [0, 0.05) is 29.5 Å². The SMILES string of the molecule is CC(C)(C)OC(=O)N(C(=O)OC(C)(C)C)c1nccc2cc(NC(C(=O)O)c3ccc(COCC(=O)Nc4cccc(CNC(=O)OCc5ccccc5)c4)cc3)ccc12. The molecule has 0 bridgehead atoms. The summed E-state index contributed by atoms with van der Waals surface area (Å²) in [6.07, 6.45) is -1.06. The molecule has 4 amide bonds. The fourth-order valence-corrected chi connectivity index (χ4v) is 5.72. The summed E-state index contributed by atoms with van der Waals surface area (Å²) >= 11 is 0. The molecule has 0 radical (unpaired) electrons. The minimum Gasteiger partial charge on any atom is -0.479 e. The number of rotatable bonds is 14. The van der Waals surface area contributed by atoms with Crippen LogP contribution in [0.25, 0.3) is 10.8 Å². The van der Waals surface area contributed by atoms with Gasteiger partial charge < -0.3 is 40.0 Å². The fraction of sp³-hybridized carbons (Fsp3) is 0.289. The van der Waals surface area contributed by atoms with Crippen LogP contribution in [0.2, 0.25) is 0 Å². The van der Waals surface area contributed by atoms with Gasteiger partial charge in [-0.15, -0.1) is 0 Å². The molecule has 0 aliphatic rings. The molecule has 5 rings (SSSR count). The maximum absolute atomic E-state index is 13.3. The zero-order chi connectivity index (χ0) is 43.5. The van der Waals surface area contributed by atoms with E-state index in [-0.39, 0.29) is 38.1 Å². The van der Waals surface area contributed by atoms with Crippen LogP contribution in [-0.4, -0.2) is 58.1 Å². The van der Waals surface area contributed by atoms with Gasteiger partial charge >= 0.3 is 24.2 Å². The highest BCUT2D eigenvalue weighted by Gasteiger charge is 2.34. The second kappa shape index (κ2) is 19.6. The zero-order valence-corrected chi connectivity index (χ0v) is 34.3. The van der Waals surface area contributed by atoms with Gasteiger partial charge in [-0.1, -0.05) is 66.7 Å². The lowest BCUT2D eigenvalue weighted by Crippen LogP contribution is -2.44. The fourth-order valence-electron chi connectivity index (χ4n) is 5.72. The van der Waals surface area contributed by atoms with Crippen molar-refractivity contribution in [1.29, 1.82) is 0 Å². The number of carbonyl (C=O) groups excluding carboxylic acids is 4. The number of carboxylic acids is 1. The molecule has 60 heavy (non-hydrogen) atoms. The van der Waals surface area contributed by atoms with Crippen molar-refractivity contribution in [2.75, 3.05) is 22.1 Å². The van der Waals surface area contributed by atoms with Crippen LogP contribution in [0.15, 0.2) is 109 Å². The molecule has 0 aliphatic heterocycles. The van der Waals surface area contributed by atoms with Gasteiger partial charge in [0.2, 0.25) is 5.91 Å². The lowest BCUT2D eigenvalue weighted by atomic mass is 10.0. The van der Waals surface area contributed by atoms with Crippen LogP contribution in [0.1, 0.15) is 69.8 Å². The number of benzene rings is 4. The molecular formula is C45H49N5O10. The Balaban J connectivity index is 1.16. The standard InChI is InChI=1S/C45H49N5O10/c1-44(2,3)59-42(55)50(43(56)60-45(4,5)6)39-36-20-19-35(24-33(36)21-22-46-39)49-38(40(52)53)32-17-15-30(16-18-32)26-57-28-37(51)48-34-14-10-13-31(23-34)25-47-41(54)58-27-29-11-8-7-9-12-29/h7-24,38,49H,25-28H2,1-6H3,(H,47,54)(H,48,51)(H,52,53). The third-order valence-electron chi connectivity index (χ3n) is 8.34. The van der Waals surface area contributed by atoms with Gasteiger partial charge in [0.1, 0.15) is 24.4 Å². The van der Waals surface area contributed by atoms with Crippen molar-refractivity contribution in [2.45, 2.75) is 78.5 Å². The van der Waals surface area contributed by atoms with Gasteiger partial charge in [-0.3, -0.25) is 4.79 Å². The van der Waals surface area contributed by atoms with E-state index in [4.69, 9.17) is 18.9 Å². The number of hydrogen-bond acceptors (Lipinski definition) is 11. The first kappa shape index (κ1) is 44.1. The van der Waals surface area contributed by atoms with E-state index in [9.17, 15) is 29.1 Å². The second-order valence-corrected chi connectivity index (χ2v) is 15.7. The molecule has 15 nitrogen and oxygen atoms in total. The predicted octanol–water partition coefficient (Wildman–Crippen LogP) is 8.73. The Morgan fingerprint density at radius 2 is 1.37 bits per heavy atom. The number of aromatic nitrogens is 1. The number of ether oxygens (including phenoxy) is 4. The summed E-state index contributed by atoms with van der Waals surface area (Å²) in [5.74, 6) is -1.52. The van der Waals surface area contributed by atoms with Crippen molar-refractivity contribution in [3.8, 4) is 0 Å². The topological polar surface area (TPSA) is 195 Å². The van der Waals surface area contributed by atoms with Crippen LogP contribution in [0.4, 0.5) is 31.6 Å². The van der Waals surface area contributed by atoms with Crippen LogP contribution in [0, 0.1) is 0 Å². The van der Waals surface area contributed by atoms with Gasteiger partial charge in [0.15, 0.2) is 11.9 Å². The largest absolute Gasteiger partial charge is 0.479 e. The summed E-state index contributed by atoms with van der Waals surface area (Å²) in [5.41, 5.74) is 1.97. The molecule has 4 N–H and O–H groups in total. The summed E-state index contributed by atoms with van der Waals surface area (Å²) in [6, 6.07) is 28.6. The van der Waals surface area contributed by atoms with E-state index in [1.54, 1.807) is 108 Å². The Morgan fingerprint density at radius 3 is 2.02 bits per heavy atom. The molecule has 4 aromatic carbocycles. The number of hydrogen-bond donors (Lipinski definition) is 4. The molecule has 1 atom stereocenters. The Kier molecular flexibility index (Phi) is 14.4. The number of alkyl carbamates (subject to hydrolysis) is 1. The highest BCUT2D eigenvalue weighted by Crippen LogP contribution is 2.31. The predicted molar refractivity (Wildman–Crippen MR) is 225 cm³/mol. The zero-order valence-electron chi connectivity index (χ0n) is 34.3. The molecule has 1 aromatic heterocycles. The minimum atomic E-state index is -1.14. The van der Waals surface area contributed by atoms with Crippen LogP contribution in [-0.2, 0) is 48.3 Å². The molecule has 5 aromatic rings. The first-order valence-corrected chi connectivity index (χ1v) is 19.1. The number of fused-ring (bicyclic) bond motifs is 1. The highest BCUT2D eigenvalue weighted by atomic mass is 16.6. The summed E-state index contributed by atoms with van der Waals surface area (Å²) in [5, 5.41) is 19.7. The second-order valence-electron chi connectivity index (χ2n) is 15.7. The maximum Gasteiger partial charge on any atom is 0.425 e. The molecule has 0 saturated heterocycles. The summed E-state index contributed by atoms with van der Waals surface area (Å²) in [7, 11) is 0. The number of imide groups is 1. The van der Waals surface area contributed by atoms with Crippen molar-refractivity contribution in [1.82, 2.24) is 10.3 Å². The number of pyridine rings is 1. The van der Waals surface area contributed by atoms with E-state index in [2.05, 4.69) is 20.9 Å². The number of amides is 4. The van der Waals surface area contributed by atoms with Crippen molar-refractivity contribution in [3.05, 3.63) is 132 Å². The lowest BCUT2D eigenvalue weighted by Gasteiger charge is -2.28. The number of carbonyl (C=O) groups is 5. The average Bonchev–Trinajstić information content (AvgIpc) is 3.18. The number of carboxylic acid groups (broad SMARTS) is 1. The number of nitrogens with one attached hydrogen (secondary N) is 3. The van der Waals surface area contributed by atoms with Crippen molar-refractivity contribution < 1.29 is 48.0 Å². The van der Waals surface area contributed by atoms with E-state index in [0.29, 0.717) is 33.3 Å². The Bertz CT molecular complexity index is 2280. The average molecular weight is 820 g/mol. The van der Waals surface area contributed by atoms with Crippen molar-refractivity contribution in [3.63, 3.8) is 0 Å². The van der Waals surface area contributed by atoms with E-state index in [1.165, 1.54) is 6.20 Å². The van der Waals surface area contributed by atoms with Crippen molar-refractivity contribution >= 4 is 58.1 Å². The summed E-state index contributed by atoms with van der Waals surface area (Å²) in [6.45, 7) is 10.3. The van der Waals surface area contributed by atoms with Gasteiger partial charge in [0.25, 0.3) is 0 Å². The quantitative estimate of drug-likeness (QED) is 0.0780. The molecule has 1 unspecified atom stereocenters. The third-order valence-corrected chi connectivity index (χ3v) is 8.34. The molecule has 0 saturated carbocycles. The first-order chi connectivity index (χ1) is 28.4. The molecule has 0 spiro atoms. The normalized spacial score (nSPS) is 11.8. The molecular weight excluding hydrogens is 771 g/mol. The van der Waals surface area contributed by atoms with Gasteiger partial charge in [-0.25, -0.2) is 24.2 Å². The summed E-state index contributed by atoms with van der Waals surface area (Å²) in [4.78, 5) is 68.9. The molecule has 0 aliphatic carbocycles.